The number of hydrogen-bond acceptors (Lipinski definition) is 6. The Morgan fingerprint density at radius 1 is 0.844 bits per heavy atom. The average molecular weight is 425 g/mol. The lowest BCUT2D eigenvalue weighted by molar-refractivity contribution is 0.102. The smallest absolute Gasteiger partial charge is 0.255 e. The highest BCUT2D eigenvalue weighted by Crippen LogP contribution is 2.23. The zero-order valence-corrected chi connectivity index (χ0v) is 17.8. The summed E-state index contributed by atoms with van der Waals surface area (Å²) in [5.41, 5.74) is 3.03. The molecule has 4 rings (SSSR count). The highest BCUT2D eigenvalue weighted by Gasteiger charge is 2.07. The van der Waals surface area contributed by atoms with Gasteiger partial charge in [0.15, 0.2) is 5.82 Å². The van der Waals surface area contributed by atoms with E-state index in [1.165, 1.54) is 0 Å². The Bertz CT molecular complexity index is 1180. The molecule has 32 heavy (non-hydrogen) atoms. The number of aromatic nitrogens is 2. The molecule has 0 saturated heterocycles. The van der Waals surface area contributed by atoms with E-state index in [0.717, 1.165) is 17.1 Å². The van der Waals surface area contributed by atoms with Gasteiger partial charge in [0.1, 0.15) is 11.5 Å². The van der Waals surface area contributed by atoms with Crippen LogP contribution in [0.15, 0.2) is 91.1 Å². The molecule has 1 aromatic heterocycles. The molecule has 1 heterocycles. The first-order valence-corrected chi connectivity index (χ1v) is 10.1. The number of nitrogens with zero attached hydrogens (tertiary/aromatic N) is 3. The number of benzene rings is 3. The first kappa shape index (κ1) is 20.9. The number of anilines is 4. The lowest BCUT2D eigenvalue weighted by Gasteiger charge is -2.13. The van der Waals surface area contributed by atoms with E-state index in [2.05, 4.69) is 20.8 Å². The van der Waals surface area contributed by atoms with Crippen molar-refractivity contribution in [2.45, 2.75) is 0 Å². The molecule has 3 aromatic carbocycles. The molecule has 7 nitrogen and oxygen atoms in total. The van der Waals surface area contributed by atoms with Crippen LogP contribution < -0.4 is 20.3 Å². The second kappa shape index (κ2) is 9.61. The van der Waals surface area contributed by atoms with Crippen LogP contribution in [0.1, 0.15) is 10.4 Å². The lowest BCUT2D eigenvalue weighted by Crippen LogP contribution is -2.11. The highest BCUT2D eigenvalue weighted by atomic mass is 16.5. The number of amides is 1. The van der Waals surface area contributed by atoms with Crippen LogP contribution >= 0.6 is 0 Å². The Kier molecular flexibility index (Phi) is 6.27. The minimum absolute atomic E-state index is 0.193. The van der Waals surface area contributed by atoms with E-state index in [1.54, 1.807) is 30.5 Å². The highest BCUT2D eigenvalue weighted by molar-refractivity contribution is 6.04. The number of ether oxygens (including phenoxy) is 1. The van der Waals surface area contributed by atoms with Crippen LogP contribution in [0, 0.1) is 0 Å². The van der Waals surface area contributed by atoms with Crippen LogP contribution in [0.2, 0.25) is 0 Å². The van der Waals surface area contributed by atoms with Gasteiger partial charge in [0, 0.05) is 37.1 Å². The Hall–Kier alpha value is -4.39. The van der Waals surface area contributed by atoms with Crippen LogP contribution in [0.25, 0.3) is 0 Å². The van der Waals surface area contributed by atoms with E-state index in [-0.39, 0.29) is 5.91 Å². The SMILES string of the molecule is CN(C)c1cnnc(Nc2ccc(NC(=O)c3ccc(Oc4ccccc4)cc3)cc2)c1. The molecule has 0 unspecified atom stereocenters. The molecule has 0 bridgehead atoms. The first-order valence-electron chi connectivity index (χ1n) is 10.1. The fourth-order valence-electron chi connectivity index (χ4n) is 2.95. The van der Waals surface area contributed by atoms with Crippen LogP contribution in [-0.2, 0) is 0 Å². The van der Waals surface area contributed by atoms with Gasteiger partial charge in [-0.25, -0.2) is 0 Å². The van der Waals surface area contributed by atoms with Crippen molar-refractivity contribution in [1.29, 1.82) is 0 Å². The molecule has 2 N–H and O–H groups in total. The van der Waals surface area contributed by atoms with Crippen molar-refractivity contribution in [3.63, 3.8) is 0 Å². The number of carbonyl (C=O) groups excluding carboxylic acids is 1. The Balaban J connectivity index is 1.36. The van der Waals surface area contributed by atoms with Crippen molar-refractivity contribution in [3.05, 3.63) is 96.7 Å². The number of nitrogens with one attached hydrogen (secondary N) is 2. The number of hydrogen-bond donors (Lipinski definition) is 2. The number of para-hydroxylation sites is 1. The summed E-state index contributed by atoms with van der Waals surface area (Å²) in [6.07, 6.45) is 1.70. The summed E-state index contributed by atoms with van der Waals surface area (Å²) in [7, 11) is 3.89. The van der Waals surface area contributed by atoms with E-state index in [0.29, 0.717) is 22.8 Å². The first-order chi connectivity index (χ1) is 15.6. The maximum Gasteiger partial charge on any atom is 0.255 e. The molecule has 160 valence electrons. The van der Waals surface area contributed by atoms with E-state index in [9.17, 15) is 4.79 Å². The van der Waals surface area contributed by atoms with Crippen LogP contribution in [-0.4, -0.2) is 30.2 Å². The molecule has 0 aliphatic rings. The van der Waals surface area contributed by atoms with Crippen molar-refractivity contribution < 1.29 is 9.53 Å². The predicted octanol–water partition coefficient (Wildman–Crippen LogP) is 5.33. The molecule has 4 aromatic rings. The van der Waals surface area contributed by atoms with E-state index in [1.807, 2.05) is 79.7 Å². The fraction of sp³-hybridized carbons (Fsp3) is 0.0800. The topological polar surface area (TPSA) is 79.4 Å². The summed E-state index contributed by atoms with van der Waals surface area (Å²) in [6, 6.07) is 25.8. The van der Waals surface area contributed by atoms with Crippen LogP contribution in [0.3, 0.4) is 0 Å². The zero-order chi connectivity index (χ0) is 22.3. The largest absolute Gasteiger partial charge is 0.457 e. The van der Waals surface area contributed by atoms with Gasteiger partial charge in [0.05, 0.1) is 11.9 Å². The van der Waals surface area contributed by atoms with Gasteiger partial charge < -0.3 is 20.3 Å². The minimum atomic E-state index is -0.193. The maximum atomic E-state index is 12.6. The van der Waals surface area contributed by atoms with Crippen molar-refractivity contribution in [2.75, 3.05) is 29.6 Å². The summed E-state index contributed by atoms with van der Waals surface area (Å²) in [5, 5.41) is 14.2. The second-order valence-corrected chi connectivity index (χ2v) is 7.29. The van der Waals surface area contributed by atoms with Gasteiger partial charge in [-0.1, -0.05) is 18.2 Å². The summed E-state index contributed by atoms with van der Waals surface area (Å²) >= 11 is 0. The van der Waals surface area contributed by atoms with Gasteiger partial charge in [0.25, 0.3) is 5.91 Å². The predicted molar refractivity (Wildman–Crippen MR) is 127 cm³/mol. The second-order valence-electron chi connectivity index (χ2n) is 7.29. The molecule has 0 saturated carbocycles. The fourth-order valence-corrected chi connectivity index (χ4v) is 2.95. The minimum Gasteiger partial charge on any atom is -0.457 e. The molecule has 1 amide bonds. The van der Waals surface area contributed by atoms with Gasteiger partial charge in [-0.15, -0.1) is 5.10 Å². The van der Waals surface area contributed by atoms with Gasteiger partial charge in [-0.05, 0) is 60.7 Å². The van der Waals surface area contributed by atoms with Crippen molar-refractivity contribution in [3.8, 4) is 11.5 Å². The summed E-state index contributed by atoms with van der Waals surface area (Å²) in [5.74, 6) is 1.87. The quantitative estimate of drug-likeness (QED) is 0.417. The van der Waals surface area contributed by atoms with Gasteiger partial charge in [0.2, 0.25) is 0 Å². The molecular formula is C25H23N5O2. The number of rotatable bonds is 7. The summed E-state index contributed by atoms with van der Waals surface area (Å²) < 4.78 is 5.76. The third-order valence-electron chi connectivity index (χ3n) is 4.67. The monoisotopic (exact) mass is 425 g/mol. The van der Waals surface area contributed by atoms with Gasteiger partial charge in [-0.2, -0.15) is 5.10 Å². The summed E-state index contributed by atoms with van der Waals surface area (Å²) in [4.78, 5) is 14.5. The lowest BCUT2D eigenvalue weighted by atomic mass is 10.2. The molecule has 0 spiro atoms. The standard InChI is InChI=1S/C25H23N5O2/c1-30(2)21-16-24(29-26-17-21)27-19-10-12-20(13-11-19)28-25(31)18-8-14-23(15-9-18)32-22-6-4-3-5-7-22/h3-17H,1-2H3,(H,27,29)(H,28,31). The molecule has 0 radical (unpaired) electrons. The average Bonchev–Trinajstić information content (AvgIpc) is 2.82. The summed E-state index contributed by atoms with van der Waals surface area (Å²) in [6.45, 7) is 0. The van der Waals surface area contributed by atoms with Crippen molar-refractivity contribution >= 4 is 28.8 Å². The molecule has 0 aliphatic heterocycles. The van der Waals surface area contributed by atoms with Gasteiger partial charge >= 0.3 is 0 Å². The molecule has 0 fully saturated rings. The van der Waals surface area contributed by atoms with Crippen LogP contribution in [0.4, 0.5) is 22.9 Å². The Morgan fingerprint density at radius 2 is 1.50 bits per heavy atom. The molecule has 0 aliphatic carbocycles. The van der Waals surface area contributed by atoms with Gasteiger partial charge in [-0.3, -0.25) is 4.79 Å². The Labute approximate surface area is 186 Å². The molecule has 7 heteroatoms. The molecule has 0 atom stereocenters. The van der Waals surface area contributed by atoms with E-state index >= 15 is 0 Å². The maximum absolute atomic E-state index is 12.6. The van der Waals surface area contributed by atoms with E-state index < -0.39 is 0 Å². The normalized spacial score (nSPS) is 10.3. The van der Waals surface area contributed by atoms with Crippen LogP contribution in [0.5, 0.6) is 11.5 Å². The van der Waals surface area contributed by atoms with Crippen molar-refractivity contribution in [1.82, 2.24) is 10.2 Å². The van der Waals surface area contributed by atoms with E-state index in [4.69, 9.17) is 4.74 Å². The molecular weight excluding hydrogens is 402 g/mol. The third-order valence-corrected chi connectivity index (χ3v) is 4.67. The third kappa shape index (κ3) is 5.40. The zero-order valence-electron chi connectivity index (χ0n) is 17.8. The number of carbonyl (C=O) groups is 1. The van der Waals surface area contributed by atoms with Crippen molar-refractivity contribution in [2.24, 2.45) is 0 Å². The Morgan fingerprint density at radius 3 is 2.19 bits per heavy atom.